The van der Waals surface area contributed by atoms with Crippen LogP contribution in [0.4, 0.5) is 0 Å². The summed E-state index contributed by atoms with van der Waals surface area (Å²) in [6.45, 7) is 4.72. The van der Waals surface area contributed by atoms with Crippen molar-refractivity contribution in [3.8, 4) is 5.75 Å². The molecule has 1 heterocycles. The van der Waals surface area contributed by atoms with Crippen LogP contribution in [0.2, 0.25) is 0 Å². The number of hydrogen-bond donors (Lipinski definition) is 1. The third-order valence-electron chi connectivity index (χ3n) is 5.95. The molecule has 21 heavy (non-hydrogen) atoms. The lowest BCUT2D eigenvalue weighted by molar-refractivity contribution is -0.0758. The predicted molar refractivity (Wildman–Crippen MR) is 82.7 cm³/mol. The minimum atomic E-state index is 0.0335. The average Bonchev–Trinajstić information content (AvgIpc) is 3.27. The van der Waals surface area contributed by atoms with Crippen molar-refractivity contribution in [2.45, 2.75) is 50.2 Å². The molecule has 3 heteroatoms. The van der Waals surface area contributed by atoms with Gasteiger partial charge in [-0.2, -0.15) is 0 Å². The third kappa shape index (κ3) is 2.09. The van der Waals surface area contributed by atoms with Crippen LogP contribution in [0, 0.1) is 5.92 Å². The molecule has 0 spiro atoms. The fourth-order valence-electron chi connectivity index (χ4n) is 4.60. The number of hydrogen-bond acceptors (Lipinski definition) is 3. The number of aromatic hydroxyl groups is 1. The van der Waals surface area contributed by atoms with Gasteiger partial charge in [0, 0.05) is 25.1 Å². The molecule has 0 radical (unpaired) electrons. The highest BCUT2D eigenvalue weighted by Crippen LogP contribution is 2.47. The Morgan fingerprint density at radius 1 is 1.38 bits per heavy atom. The first-order chi connectivity index (χ1) is 10.1. The number of phenols is 1. The highest BCUT2D eigenvalue weighted by Gasteiger charge is 2.51. The Morgan fingerprint density at radius 3 is 2.90 bits per heavy atom. The van der Waals surface area contributed by atoms with Gasteiger partial charge in [-0.15, -0.1) is 0 Å². The van der Waals surface area contributed by atoms with E-state index in [1.165, 1.54) is 30.5 Å². The van der Waals surface area contributed by atoms with Crippen molar-refractivity contribution in [2.24, 2.45) is 5.92 Å². The molecule has 1 aromatic carbocycles. The van der Waals surface area contributed by atoms with Crippen LogP contribution in [0.3, 0.4) is 0 Å². The van der Waals surface area contributed by atoms with Gasteiger partial charge in [0.05, 0.1) is 6.10 Å². The van der Waals surface area contributed by atoms with Gasteiger partial charge in [-0.1, -0.05) is 13.0 Å². The van der Waals surface area contributed by atoms with Crippen LogP contribution in [0.25, 0.3) is 0 Å². The van der Waals surface area contributed by atoms with Gasteiger partial charge in [0.15, 0.2) is 0 Å². The van der Waals surface area contributed by atoms with Gasteiger partial charge in [-0.25, -0.2) is 0 Å². The summed E-state index contributed by atoms with van der Waals surface area (Å²) in [4.78, 5) is 2.67. The summed E-state index contributed by atoms with van der Waals surface area (Å²) < 4.78 is 5.97. The summed E-state index contributed by atoms with van der Waals surface area (Å²) in [5, 5.41) is 9.89. The van der Waals surface area contributed by atoms with Crippen molar-refractivity contribution in [2.75, 3.05) is 20.2 Å². The van der Waals surface area contributed by atoms with Gasteiger partial charge in [0.25, 0.3) is 0 Å². The second-order valence-corrected chi connectivity index (χ2v) is 7.38. The second-order valence-electron chi connectivity index (χ2n) is 7.38. The SMILES string of the molecule is CO[C@H]1[C@H]2Cc3ccc(O)cc3[C@]1(C)CCN2CC1CC1. The van der Waals surface area contributed by atoms with Crippen molar-refractivity contribution in [1.29, 1.82) is 0 Å². The molecule has 3 aliphatic rings. The Bertz CT molecular complexity index is 554. The topological polar surface area (TPSA) is 32.7 Å². The third-order valence-corrected chi connectivity index (χ3v) is 5.95. The van der Waals surface area contributed by atoms with Crippen LogP contribution in [0.15, 0.2) is 18.2 Å². The summed E-state index contributed by atoms with van der Waals surface area (Å²) in [6, 6.07) is 6.40. The molecule has 1 saturated heterocycles. The van der Waals surface area contributed by atoms with Crippen molar-refractivity contribution in [1.82, 2.24) is 4.90 Å². The number of ether oxygens (including phenoxy) is 1. The lowest BCUT2D eigenvalue weighted by Crippen LogP contribution is -2.63. The Morgan fingerprint density at radius 2 is 2.19 bits per heavy atom. The van der Waals surface area contributed by atoms with E-state index in [2.05, 4.69) is 17.9 Å². The van der Waals surface area contributed by atoms with E-state index in [0.29, 0.717) is 11.8 Å². The molecule has 1 N–H and O–H groups in total. The largest absolute Gasteiger partial charge is 0.508 e. The number of methoxy groups -OCH3 is 1. The van der Waals surface area contributed by atoms with Gasteiger partial charge < -0.3 is 9.84 Å². The number of phenolic OH excluding ortho intramolecular Hbond substituents is 1. The van der Waals surface area contributed by atoms with E-state index in [-0.39, 0.29) is 11.5 Å². The molecule has 2 bridgehead atoms. The Kier molecular flexibility index (Phi) is 3.05. The summed E-state index contributed by atoms with van der Waals surface area (Å²) >= 11 is 0. The maximum Gasteiger partial charge on any atom is 0.115 e. The number of likely N-dealkylation sites (tertiary alicyclic amines) is 1. The summed E-state index contributed by atoms with van der Waals surface area (Å²) in [6.07, 6.45) is 5.21. The Balaban J connectivity index is 1.73. The van der Waals surface area contributed by atoms with E-state index < -0.39 is 0 Å². The van der Waals surface area contributed by atoms with Crippen molar-refractivity contribution >= 4 is 0 Å². The normalized spacial score (nSPS) is 35.5. The molecule has 0 aromatic heterocycles. The van der Waals surface area contributed by atoms with E-state index in [4.69, 9.17) is 4.74 Å². The molecule has 114 valence electrons. The summed E-state index contributed by atoms with van der Waals surface area (Å²) in [7, 11) is 1.85. The molecule has 3 atom stereocenters. The first-order valence-electron chi connectivity index (χ1n) is 8.21. The van der Waals surface area contributed by atoms with Gasteiger partial charge in [-0.3, -0.25) is 4.90 Å². The minimum absolute atomic E-state index is 0.0335. The molecule has 0 amide bonds. The smallest absolute Gasteiger partial charge is 0.115 e. The molecule has 2 aliphatic carbocycles. The van der Waals surface area contributed by atoms with E-state index >= 15 is 0 Å². The Hall–Kier alpha value is -1.06. The van der Waals surface area contributed by atoms with Crippen LogP contribution in [-0.2, 0) is 16.6 Å². The average molecular weight is 287 g/mol. The van der Waals surface area contributed by atoms with E-state index in [0.717, 1.165) is 25.3 Å². The molecule has 3 nitrogen and oxygen atoms in total. The zero-order chi connectivity index (χ0) is 14.6. The van der Waals surface area contributed by atoms with Gasteiger partial charge in [0.2, 0.25) is 0 Å². The molecule has 2 fully saturated rings. The first-order valence-corrected chi connectivity index (χ1v) is 8.21. The van der Waals surface area contributed by atoms with E-state index in [1.54, 1.807) is 0 Å². The van der Waals surface area contributed by atoms with E-state index in [1.807, 2.05) is 19.2 Å². The number of rotatable bonds is 3. The van der Waals surface area contributed by atoms with Gasteiger partial charge in [0.1, 0.15) is 5.75 Å². The van der Waals surface area contributed by atoms with Crippen molar-refractivity contribution in [3.05, 3.63) is 29.3 Å². The highest BCUT2D eigenvalue weighted by atomic mass is 16.5. The monoisotopic (exact) mass is 287 g/mol. The maximum atomic E-state index is 9.89. The molecule has 0 unspecified atom stereocenters. The van der Waals surface area contributed by atoms with Gasteiger partial charge in [-0.05, 0) is 61.4 Å². The van der Waals surface area contributed by atoms with E-state index in [9.17, 15) is 5.11 Å². The van der Waals surface area contributed by atoms with Crippen molar-refractivity contribution in [3.63, 3.8) is 0 Å². The van der Waals surface area contributed by atoms with Crippen molar-refractivity contribution < 1.29 is 9.84 Å². The lowest BCUT2D eigenvalue weighted by atomic mass is 9.63. The van der Waals surface area contributed by atoms with Crippen LogP contribution < -0.4 is 0 Å². The molecule has 1 saturated carbocycles. The molecule has 1 aromatic rings. The number of fused-ring (bicyclic) bond motifs is 4. The quantitative estimate of drug-likeness (QED) is 0.928. The zero-order valence-electron chi connectivity index (χ0n) is 13.0. The first kappa shape index (κ1) is 13.6. The van der Waals surface area contributed by atoms with Crippen LogP contribution >= 0.6 is 0 Å². The Labute approximate surface area is 126 Å². The highest BCUT2D eigenvalue weighted by molar-refractivity contribution is 5.45. The maximum absolute atomic E-state index is 9.89. The summed E-state index contributed by atoms with van der Waals surface area (Å²) in [5.74, 6) is 1.30. The lowest BCUT2D eigenvalue weighted by Gasteiger charge is -2.54. The molecular weight excluding hydrogens is 262 g/mol. The fraction of sp³-hybridized carbons (Fsp3) is 0.667. The fourth-order valence-corrected chi connectivity index (χ4v) is 4.60. The molecule has 1 aliphatic heterocycles. The predicted octanol–water partition coefficient (Wildman–Crippen LogP) is 2.71. The minimum Gasteiger partial charge on any atom is -0.508 e. The summed E-state index contributed by atoms with van der Waals surface area (Å²) in [5.41, 5.74) is 2.73. The van der Waals surface area contributed by atoms with Crippen LogP contribution in [0.1, 0.15) is 37.3 Å². The van der Waals surface area contributed by atoms with Crippen LogP contribution in [-0.4, -0.2) is 42.4 Å². The molecular formula is C18H25NO2. The number of benzene rings is 1. The second kappa shape index (κ2) is 4.72. The zero-order valence-corrected chi connectivity index (χ0v) is 13.0. The molecule has 4 rings (SSSR count). The number of piperidine rings is 1. The van der Waals surface area contributed by atoms with Gasteiger partial charge >= 0.3 is 0 Å². The van der Waals surface area contributed by atoms with Crippen LogP contribution in [0.5, 0.6) is 5.75 Å². The standard InChI is InChI=1S/C18H25NO2/c1-18-7-8-19(11-12-3-4-12)16(17(18)21-2)9-13-5-6-14(20)10-15(13)18/h5-6,10,12,16-17,20H,3-4,7-9,11H2,1-2H3/t16-,17+,18+/m1/s1. The number of nitrogens with zero attached hydrogens (tertiary/aromatic N) is 1.